The molecule has 0 unspecified atom stereocenters. The number of carbonyl (C=O) groups is 2. The Morgan fingerprint density at radius 1 is 1.12 bits per heavy atom. The summed E-state index contributed by atoms with van der Waals surface area (Å²) < 4.78 is 6.53. The molecule has 2 amide bonds. The van der Waals surface area contributed by atoms with E-state index < -0.39 is 6.04 Å². The minimum atomic E-state index is -0.625. The maximum absolute atomic E-state index is 13.3. The number of ether oxygens (including phenoxy) is 1. The summed E-state index contributed by atoms with van der Waals surface area (Å²) in [7, 11) is 0. The van der Waals surface area contributed by atoms with E-state index in [0.29, 0.717) is 22.2 Å². The molecular formula is C25H29BrCl2N2O3. The molecule has 33 heavy (non-hydrogen) atoms. The van der Waals surface area contributed by atoms with Crippen LogP contribution in [0.25, 0.3) is 0 Å². The zero-order valence-electron chi connectivity index (χ0n) is 18.7. The summed E-state index contributed by atoms with van der Waals surface area (Å²) in [5.74, 6) is -0.0309. The van der Waals surface area contributed by atoms with E-state index in [4.69, 9.17) is 27.9 Å². The van der Waals surface area contributed by atoms with Gasteiger partial charge in [-0.1, -0.05) is 83.5 Å². The van der Waals surface area contributed by atoms with Crippen LogP contribution < -0.4 is 10.1 Å². The van der Waals surface area contributed by atoms with Crippen LogP contribution in [0.2, 0.25) is 10.0 Å². The zero-order valence-corrected chi connectivity index (χ0v) is 21.8. The second kappa shape index (κ2) is 12.6. The highest BCUT2D eigenvalue weighted by Crippen LogP contribution is 2.28. The maximum atomic E-state index is 13.3. The van der Waals surface area contributed by atoms with E-state index in [9.17, 15) is 9.59 Å². The van der Waals surface area contributed by atoms with Crippen LogP contribution in [0.4, 0.5) is 0 Å². The highest BCUT2D eigenvalue weighted by Gasteiger charge is 2.31. The fourth-order valence-corrected chi connectivity index (χ4v) is 5.01. The van der Waals surface area contributed by atoms with Crippen LogP contribution in [0.15, 0.2) is 46.9 Å². The number of nitrogens with one attached hydrogen (secondary N) is 1. The Bertz CT molecular complexity index is 966. The molecule has 0 bridgehead atoms. The Kier molecular flexibility index (Phi) is 9.90. The van der Waals surface area contributed by atoms with Gasteiger partial charge in [-0.15, -0.1) is 0 Å². The van der Waals surface area contributed by atoms with E-state index in [1.165, 1.54) is 6.42 Å². The number of carbonyl (C=O) groups excluding carboxylic acids is 2. The molecular weight excluding hydrogens is 527 g/mol. The molecule has 178 valence electrons. The highest BCUT2D eigenvalue weighted by atomic mass is 79.9. The van der Waals surface area contributed by atoms with E-state index in [-0.39, 0.29) is 31.0 Å². The lowest BCUT2D eigenvalue weighted by Gasteiger charge is -2.33. The van der Waals surface area contributed by atoms with Crippen molar-refractivity contribution in [3.05, 3.63) is 62.5 Å². The van der Waals surface area contributed by atoms with Gasteiger partial charge in [0.05, 0.1) is 5.02 Å². The van der Waals surface area contributed by atoms with Crippen molar-refractivity contribution in [2.75, 3.05) is 6.61 Å². The van der Waals surface area contributed by atoms with Crippen molar-refractivity contribution in [3.8, 4) is 5.75 Å². The fourth-order valence-electron chi connectivity index (χ4n) is 4.09. The first-order valence-corrected chi connectivity index (χ1v) is 12.8. The second-order valence-corrected chi connectivity index (χ2v) is 9.97. The molecule has 0 aliphatic heterocycles. The zero-order chi connectivity index (χ0) is 23.8. The minimum Gasteiger partial charge on any atom is -0.482 e. The number of benzene rings is 2. The van der Waals surface area contributed by atoms with Crippen LogP contribution >= 0.6 is 39.1 Å². The van der Waals surface area contributed by atoms with Crippen LogP contribution in [0.5, 0.6) is 5.75 Å². The van der Waals surface area contributed by atoms with Crippen molar-refractivity contribution >= 4 is 50.9 Å². The standard InChI is InChI=1S/C25H29BrCl2N2O3/c1-2-22(25(32)29-19-9-4-3-5-10-19)30(15-17-8-6-7-11-20(17)27)24(31)16-33-23-13-12-18(26)14-21(23)28/h6-8,11-14,19,22H,2-5,9-10,15-16H2,1H3,(H,29,32)/t22-/m1/s1. The van der Waals surface area contributed by atoms with Gasteiger partial charge < -0.3 is 15.0 Å². The summed E-state index contributed by atoms with van der Waals surface area (Å²) >= 11 is 16.0. The predicted octanol–water partition coefficient (Wildman–Crippen LogP) is 6.39. The van der Waals surface area contributed by atoms with Crippen molar-refractivity contribution in [2.45, 2.75) is 64.1 Å². The van der Waals surface area contributed by atoms with Gasteiger partial charge in [0.1, 0.15) is 11.8 Å². The Morgan fingerprint density at radius 2 is 1.85 bits per heavy atom. The first-order chi connectivity index (χ1) is 15.9. The van der Waals surface area contributed by atoms with E-state index in [0.717, 1.165) is 35.7 Å². The van der Waals surface area contributed by atoms with E-state index in [1.807, 2.05) is 25.1 Å². The largest absolute Gasteiger partial charge is 0.482 e. The molecule has 0 heterocycles. The Labute approximate surface area is 213 Å². The number of hydrogen-bond donors (Lipinski definition) is 1. The smallest absolute Gasteiger partial charge is 0.261 e. The van der Waals surface area contributed by atoms with Gasteiger partial charge in [-0.2, -0.15) is 0 Å². The second-order valence-electron chi connectivity index (χ2n) is 8.24. The predicted molar refractivity (Wildman–Crippen MR) is 136 cm³/mol. The Hall–Kier alpha value is -1.76. The molecule has 3 rings (SSSR count). The lowest BCUT2D eigenvalue weighted by molar-refractivity contribution is -0.143. The van der Waals surface area contributed by atoms with Gasteiger partial charge in [-0.25, -0.2) is 0 Å². The maximum Gasteiger partial charge on any atom is 0.261 e. The number of halogens is 3. The summed E-state index contributed by atoms with van der Waals surface area (Å²) in [5.41, 5.74) is 0.776. The molecule has 1 fully saturated rings. The topological polar surface area (TPSA) is 58.6 Å². The summed E-state index contributed by atoms with van der Waals surface area (Å²) in [4.78, 5) is 28.1. The monoisotopic (exact) mass is 554 g/mol. The first kappa shape index (κ1) is 25.9. The molecule has 1 aliphatic carbocycles. The highest BCUT2D eigenvalue weighted by molar-refractivity contribution is 9.10. The van der Waals surface area contributed by atoms with Crippen LogP contribution in [0.3, 0.4) is 0 Å². The van der Waals surface area contributed by atoms with Crippen molar-refractivity contribution < 1.29 is 14.3 Å². The molecule has 2 aromatic rings. The molecule has 0 spiro atoms. The van der Waals surface area contributed by atoms with Crippen LogP contribution in [-0.4, -0.2) is 35.4 Å². The summed E-state index contributed by atoms with van der Waals surface area (Å²) in [6.07, 6.45) is 5.87. The lowest BCUT2D eigenvalue weighted by Crippen LogP contribution is -2.52. The van der Waals surface area contributed by atoms with Crippen molar-refractivity contribution in [1.82, 2.24) is 10.2 Å². The molecule has 0 aromatic heterocycles. The summed E-state index contributed by atoms with van der Waals surface area (Å²) in [5, 5.41) is 4.11. The third-order valence-electron chi connectivity index (χ3n) is 5.88. The number of nitrogens with zero attached hydrogens (tertiary/aromatic N) is 1. The Morgan fingerprint density at radius 3 is 2.52 bits per heavy atom. The first-order valence-electron chi connectivity index (χ1n) is 11.3. The lowest BCUT2D eigenvalue weighted by atomic mass is 9.95. The number of amides is 2. The number of hydrogen-bond acceptors (Lipinski definition) is 3. The van der Waals surface area contributed by atoms with Crippen molar-refractivity contribution in [1.29, 1.82) is 0 Å². The molecule has 2 aromatic carbocycles. The van der Waals surface area contributed by atoms with Gasteiger partial charge in [-0.3, -0.25) is 9.59 Å². The molecule has 5 nitrogen and oxygen atoms in total. The SMILES string of the molecule is CC[C@H](C(=O)NC1CCCCC1)N(Cc1ccccc1Cl)C(=O)COc1ccc(Br)cc1Cl. The van der Waals surface area contributed by atoms with Crippen LogP contribution in [-0.2, 0) is 16.1 Å². The third-order valence-corrected chi connectivity index (χ3v) is 7.04. The molecule has 8 heteroatoms. The average molecular weight is 556 g/mol. The van der Waals surface area contributed by atoms with Crippen LogP contribution in [0.1, 0.15) is 51.0 Å². The number of rotatable bonds is 9. The van der Waals surface area contributed by atoms with E-state index >= 15 is 0 Å². The van der Waals surface area contributed by atoms with Crippen LogP contribution in [0, 0.1) is 0 Å². The third kappa shape index (κ3) is 7.36. The quantitative estimate of drug-likeness (QED) is 0.390. The van der Waals surface area contributed by atoms with Gasteiger partial charge in [0.2, 0.25) is 5.91 Å². The van der Waals surface area contributed by atoms with E-state index in [1.54, 1.807) is 29.2 Å². The Balaban J connectivity index is 1.78. The molecule has 1 N–H and O–H groups in total. The van der Waals surface area contributed by atoms with Gasteiger partial charge >= 0.3 is 0 Å². The molecule has 1 aliphatic rings. The molecule has 0 radical (unpaired) electrons. The normalized spacial score (nSPS) is 15.0. The molecule has 1 saturated carbocycles. The molecule has 1 atom stereocenters. The van der Waals surface area contributed by atoms with Crippen molar-refractivity contribution in [3.63, 3.8) is 0 Å². The average Bonchev–Trinajstić information content (AvgIpc) is 2.80. The van der Waals surface area contributed by atoms with Gasteiger partial charge in [-0.05, 0) is 49.1 Å². The van der Waals surface area contributed by atoms with E-state index in [2.05, 4.69) is 21.2 Å². The summed E-state index contributed by atoms with van der Waals surface area (Å²) in [6, 6.07) is 12.1. The van der Waals surface area contributed by atoms with Gasteiger partial charge in [0, 0.05) is 22.1 Å². The molecule has 0 saturated heterocycles. The van der Waals surface area contributed by atoms with Crippen molar-refractivity contribution in [2.24, 2.45) is 0 Å². The summed E-state index contributed by atoms with van der Waals surface area (Å²) in [6.45, 7) is 1.88. The van der Waals surface area contributed by atoms with Gasteiger partial charge in [0.15, 0.2) is 6.61 Å². The minimum absolute atomic E-state index is 0.133. The fraction of sp³-hybridized carbons (Fsp3) is 0.440. The van der Waals surface area contributed by atoms with Gasteiger partial charge in [0.25, 0.3) is 5.91 Å².